The Morgan fingerprint density at radius 1 is 0.728 bits per heavy atom. The fraction of sp³-hybridized carbons (Fsp3) is 0.567. The molecule has 0 aromatic heterocycles. The van der Waals surface area contributed by atoms with Gasteiger partial charge in [0.2, 0.25) is 41.4 Å². The number of hydrogen-bond donors (Lipinski definition) is 15. The zero-order valence-corrected chi connectivity index (χ0v) is 52.0. The number of ether oxygens (including phenoxy) is 1. The van der Waals surface area contributed by atoms with Gasteiger partial charge in [-0.3, -0.25) is 38.4 Å². The minimum Gasteiger partial charge on any atom is -0.504 e. The Labute approximate surface area is 534 Å². The Hall–Kier alpha value is -7.63. The summed E-state index contributed by atoms with van der Waals surface area (Å²) in [4.78, 5) is 120. The number of aliphatic hydroxyl groups is 7. The van der Waals surface area contributed by atoms with Crippen molar-refractivity contribution >= 4 is 71.0 Å². The minimum absolute atomic E-state index is 0.0185. The van der Waals surface area contributed by atoms with Crippen LogP contribution in [0, 0.1) is 5.92 Å². The number of carbonyl (C=O) groups is 8. The van der Waals surface area contributed by atoms with Crippen LogP contribution in [-0.2, 0) is 42.9 Å². The van der Waals surface area contributed by atoms with E-state index in [1.165, 1.54) is 44.7 Å². The molecule has 4 heterocycles. The number of β-amino-alcohol motifs (C(OH)–C–C–N with tert-alkyl or cyclic N) is 1. The number of rotatable bonds is 23. The van der Waals surface area contributed by atoms with E-state index in [0.717, 1.165) is 64.9 Å². The van der Waals surface area contributed by atoms with Crippen molar-refractivity contribution in [3.8, 4) is 17.2 Å². The molecule has 3 aromatic rings. The molecular weight excluding hydrogens is 1230 g/mol. The number of fused-ring (bicyclic) bond motifs is 2. The Morgan fingerprint density at radius 2 is 1.34 bits per heavy atom. The Balaban J connectivity index is 1.14. The van der Waals surface area contributed by atoms with Crippen molar-refractivity contribution in [2.75, 3.05) is 62.2 Å². The molecule has 4 saturated heterocycles. The van der Waals surface area contributed by atoms with Gasteiger partial charge in [0, 0.05) is 81.5 Å². The second kappa shape index (κ2) is 33.8. The molecule has 4 aliphatic heterocycles. The number of carbonyl (C=O) groups excluding carboxylic acids is 8. The third-order valence-corrected chi connectivity index (χ3v) is 17.0. The predicted octanol–water partition coefficient (Wildman–Crippen LogP) is -1.86. The number of piperazine rings is 1. The van der Waals surface area contributed by atoms with Gasteiger partial charge in [0.05, 0.1) is 43.5 Å². The number of aromatic hydroxyl groups is 1. The average Bonchev–Trinajstić information content (AvgIpc) is 1.67. The molecule has 7 rings (SSSR count). The number of nitrogens with one attached hydrogen (secondary N) is 5. The third-order valence-electron chi connectivity index (χ3n) is 16.7. The monoisotopic (exact) mass is 1310 g/mol. The van der Waals surface area contributed by atoms with Crippen LogP contribution in [0.5, 0.6) is 17.2 Å². The average molecular weight is 1310 g/mol. The topological polar surface area (TPSA) is 455 Å². The van der Waals surface area contributed by atoms with Crippen LogP contribution in [0.15, 0.2) is 66.7 Å². The summed E-state index contributed by atoms with van der Waals surface area (Å²) >= 11 is -0.0185. The van der Waals surface area contributed by atoms with Crippen molar-refractivity contribution in [2.45, 2.75) is 158 Å². The molecule has 3 aromatic carbocycles. The quantitative estimate of drug-likeness (QED) is 0.0214. The largest absolute Gasteiger partial charge is 0.504 e. The third kappa shape index (κ3) is 18.8. The van der Waals surface area contributed by atoms with Crippen molar-refractivity contribution < 1.29 is 103 Å². The fourth-order valence-corrected chi connectivity index (χ4v) is 11.8. The summed E-state index contributed by atoms with van der Waals surface area (Å²) in [6, 6.07) is 5.26. The van der Waals surface area contributed by atoms with Gasteiger partial charge in [0.25, 0.3) is 18.2 Å². The van der Waals surface area contributed by atoms with Gasteiger partial charge in [-0.15, -0.1) is 0 Å². The molecular formula is C60H84N10O21S. The van der Waals surface area contributed by atoms with E-state index in [-0.39, 0.29) is 23.5 Å². The Morgan fingerprint density at radius 3 is 1.97 bits per heavy atom. The van der Waals surface area contributed by atoms with E-state index >= 15 is 0 Å². The summed E-state index contributed by atoms with van der Waals surface area (Å²) in [6.07, 6.45) is -8.97. The van der Waals surface area contributed by atoms with Gasteiger partial charge in [-0.25, -0.2) is 5.26 Å². The van der Waals surface area contributed by atoms with Crippen molar-refractivity contribution in [1.29, 1.82) is 0 Å². The summed E-state index contributed by atoms with van der Waals surface area (Å²) < 4.78 is 15.2. The van der Waals surface area contributed by atoms with E-state index in [9.17, 15) is 79.2 Å². The van der Waals surface area contributed by atoms with Crippen LogP contribution in [0.1, 0.15) is 101 Å². The number of primary amides is 1. The van der Waals surface area contributed by atoms with E-state index in [1.807, 2.05) is 24.3 Å². The first-order chi connectivity index (χ1) is 43.9. The number of phenolic OH excluding ortho intramolecular Hbond substituents is 1. The molecule has 92 heavy (non-hydrogen) atoms. The van der Waals surface area contributed by atoms with Crippen LogP contribution in [-0.4, -0.2) is 228 Å². The summed E-state index contributed by atoms with van der Waals surface area (Å²) in [6.45, 7) is 6.28. The fourth-order valence-electron chi connectivity index (χ4n) is 11.5. The first kappa shape index (κ1) is 71.8. The summed E-state index contributed by atoms with van der Waals surface area (Å²) in [5.74, 6) is -10.9. The molecule has 31 nitrogen and oxygen atoms in total. The molecule has 0 saturated carbocycles. The summed E-state index contributed by atoms with van der Waals surface area (Å²) in [7, 11) is 0. The van der Waals surface area contributed by atoms with Crippen LogP contribution < -0.4 is 51.0 Å². The zero-order chi connectivity index (χ0) is 66.9. The summed E-state index contributed by atoms with van der Waals surface area (Å²) in [5.41, 5.74) is 6.96. The highest BCUT2D eigenvalue weighted by atomic mass is 32.2. The maximum Gasteiger partial charge on any atom is 0.261 e. The van der Waals surface area contributed by atoms with Crippen molar-refractivity contribution in [1.82, 2.24) is 36.4 Å². The lowest BCUT2D eigenvalue weighted by atomic mass is 9.96. The van der Waals surface area contributed by atoms with Crippen LogP contribution in [0.3, 0.4) is 0 Å². The second-order valence-corrected chi connectivity index (χ2v) is 23.9. The molecule has 8 amide bonds. The van der Waals surface area contributed by atoms with Gasteiger partial charge in [0.1, 0.15) is 54.2 Å². The van der Waals surface area contributed by atoms with E-state index in [1.54, 1.807) is 12.1 Å². The van der Waals surface area contributed by atoms with Gasteiger partial charge < -0.3 is 102 Å². The van der Waals surface area contributed by atoms with Crippen LogP contribution in [0.2, 0.25) is 0 Å². The number of nitrogens with zero attached hydrogens (tertiary/aromatic N) is 4. The predicted molar refractivity (Wildman–Crippen MR) is 327 cm³/mol. The number of amides is 8. The lowest BCUT2D eigenvalue weighted by Gasteiger charge is -2.37. The summed E-state index contributed by atoms with van der Waals surface area (Å²) in [5, 5.41) is 114. The van der Waals surface area contributed by atoms with Gasteiger partial charge in [-0.2, -0.15) is 0 Å². The van der Waals surface area contributed by atoms with Crippen LogP contribution >= 0.6 is 12.3 Å². The molecule has 16 N–H and O–H groups in total. The second-order valence-electron chi connectivity index (χ2n) is 23.5. The Kier molecular flexibility index (Phi) is 26.4. The molecule has 4 fully saturated rings. The molecule has 0 spiro atoms. The number of unbranched alkanes of at least 4 members (excludes halogenated alkanes) is 5. The lowest BCUT2D eigenvalue weighted by molar-refractivity contribution is -0.433. The van der Waals surface area contributed by atoms with Crippen molar-refractivity contribution in [3.63, 3.8) is 0 Å². The van der Waals surface area contributed by atoms with Crippen LogP contribution in [0.25, 0.3) is 0 Å². The molecule has 13 unspecified atom stereocenters. The maximum atomic E-state index is 14.7. The standard InChI is InChI=1S/C60H84N10O21S/c1-4-5-6-7-8-9-24-88-40-17-15-37(16-18-40)68-22-20-67(21-23-68)36-13-10-34(11-14-36)54(80)63-41-26-38(72)29-62-58(84)50-51(77)32(2)30-70(50)60(86)48(44(75)28-46(61)76)65-57(83)49(53(79)52(78)35-12-19-43(74)45(25-35)89-92-91-90-87)66-56(82)42-27-39(73)31-69(42)59(85)47(33(3)71)64-55(41)81/h10-19,25,32-33,38-39,41-42,44,47-53,71-75,77-79,87H,4-9,20-24,26-31H2,1-3H3,(H2,61,76)(H,62,84)(H,63,80)(H,64,81)(H,65,83)(H,66,82)/t32?,33?,38?,39?,41-,42?,44?,47?,48?,49?,50?,51?,52?,53?/m0/s1. The number of aliphatic hydroxyl groups excluding tert-OH is 7. The van der Waals surface area contributed by atoms with Gasteiger partial charge >= 0.3 is 0 Å². The molecule has 14 atom stereocenters. The SMILES string of the molecule is CCCCCCCCOc1ccc(N2CCN(c3ccc(C(=O)N[C@H]4CC(O)CNC(=O)C5C(O)C(C)CN5C(=O)C(C(O)CC(N)=O)NC(=O)C(C(O)C(O)c5ccc(O)c(OSOOO)c5)NC(=O)C5CC(O)CN5C(=O)C(C(C)O)NC4=O)cc3)CC2)cc1. The molecule has 506 valence electrons. The van der Waals surface area contributed by atoms with Crippen molar-refractivity contribution in [2.24, 2.45) is 11.7 Å². The van der Waals surface area contributed by atoms with Crippen molar-refractivity contribution in [3.05, 3.63) is 77.9 Å². The highest BCUT2D eigenvalue weighted by Crippen LogP contribution is 2.34. The minimum atomic E-state index is -2.52. The molecule has 0 radical (unpaired) electrons. The normalized spacial score (nSPS) is 26.0. The number of phenols is 1. The van der Waals surface area contributed by atoms with Gasteiger partial charge in [-0.05, 0) is 79.6 Å². The molecule has 4 aliphatic rings. The number of benzene rings is 3. The molecule has 32 heteroatoms. The van der Waals surface area contributed by atoms with E-state index < -0.39 is 183 Å². The Bertz CT molecular complexity index is 3000. The van der Waals surface area contributed by atoms with Gasteiger partial charge in [0.15, 0.2) is 11.5 Å². The zero-order valence-electron chi connectivity index (χ0n) is 51.2. The highest BCUT2D eigenvalue weighted by Gasteiger charge is 2.50. The molecule has 0 aliphatic carbocycles. The maximum absolute atomic E-state index is 14.7. The van der Waals surface area contributed by atoms with E-state index in [2.05, 4.69) is 52.7 Å². The number of hydrogen-bond acceptors (Lipinski definition) is 24. The first-order valence-electron chi connectivity index (χ1n) is 30.5. The van der Waals surface area contributed by atoms with E-state index in [0.29, 0.717) is 32.8 Å². The van der Waals surface area contributed by atoms with Crippen LogP contribution in [0.4, 0.5) is 11.4 Å². The van der Waals surface area contributed by atoms with Gasteiger partial charge in [-0.1, -0.05) is 61.4 Å². The number of anilines is 2. The smallest absolute Gasteiger partial charge is 0.261 e. The highest BCUT2D eigenvalue weighted by molar-refractivity contribution is 7.90. The molecule has 0 bridgehead atoms. The lowest BCUT2D eigenvalue weighted by Crippen LogP contribution is -2.64. The number of nitrogens with two attached hydrogens (primary N) is 1. The van der Waals surface area contributed by atoms with E-state index in [4.69, 9.17) is 19.9 Å². The first-order valence-corrected chi connectivity index (χ1v) is 31.2.